The third-order valence-electron chi connectivity index (χ3n) is 3.81. The Hall–Kier alpha value is -1.13. The lowest BCUT2D eigenvalue weighted by Crippen LogP contribution is -2.46. The Morgan fingerprint density at radius 2 is 2.21 bits per heavy atom. The van der Waals surface area contributed by atoms with Gasteiger partial charge in [0.25, 0.3) is 5.91 Å². The molecule has 1 aromatic rings. The number of halogens is 1. The Morgan fingerprint density at radius 1 is 1.47 bits per heavy atom. The predicted molar refractivity (Wildman–Crippen MR) is 76.1 cm³/mol. The number of carbonyl (C=O) groups excluding carboxylic acids is 1. The molecule has 2 rings (SSSR count). The molecule has 0 aliphatic heterocycles. The molecule has 3 N–H and O–H groups in total. The van der Waals surface area contributed by atoms with E-state index in [1.165, 1.54) is 25.5 Å². The number of hydrogen-bond donors (Lipinski definition) is 2. The number of amides is 1. The molecule has 1 fully saturated rings. The minimum atomic E-state index is -0.159. The van der Waals surface area contributed by atoms with E-state index in [1.54, 1.807) is 12.3 Å². The fourth-order valence-corrected chi connectivity index (χ4v) is 2.92. The molecule has 5 heteroatoms. The van der Waals surface area contributed by atoms with Gasteiger partial charge < -0.3 is 11.1 Å². The van der Waals surface area contributed by atoms with Crippen LogP contribution in [0.1, 0.15) is 42.5 Å². The van der Waals surface area contributed by atoms with Crippen LogP contribution >= 0.6 is 11.6 Å². The van der Waals surface area contributed by atoms with Crippen molar-refractivity contribution in [3.8, 4) is 0 Å². The lowest BCUT2D eigenvalue weighted by Gasteiger charge is -2.30. The molecule has 1 atom stereocenters. The van der Waals surface area contributed by atoms with E-state index >= 15 is 0 Å². The summed E-state index contributed by atoms with van der Waals surface area (Å²) >= 11 is 5.98. The highest BCUT2D eigenvalue weighted by Gasteiger charge is 2.24. The minimum absolute atomic E-state index is 0.0389. The van der Waals surface area contributed by atoms with Crippen LogP contribution in [0.15, 0.2) is 18.5 Å². The average molecular weight is 282 g/mol. The molecule has 0 saturated heterocycles. The van der Waals surface area contributed by atoms with Gasteiger partial charge >= 0.3 is 0 Å². The maximum Gasteiger partial charge on any atom is 0.253 e. The van der Waals surface area contributed by atoms with Crippen LogP contribution in [0.4, 0.5) is 0 Å². The Bertz CT molecular complexity index is 432. The standard InChI is InChI=1S/C14H20ClN3O/c15-12-9-17-7-6-11(12)14(19)18-13(8-16)10-4-2-1-3-5-10/h6-7,9-10,13H,1-5,8,16H2,(H,18,19). The fraction of sp³-hybridized carbons (Fsp3) is 0.571. The van der Waals surface area contributed by atoms with Crippen LogP contribution in [-0.2, 0) is 0 Å². The van der Waals surface area contributed by atoms with Crippen molar-refractivity contribution in [3.05, 3.63) is 29.0 Å². The lowest BCUT2D eigenvalue weighted by atomic mass is 9.84. The van der Waals surface area contributed by atoms with Gasteiger partial charge in [-0.1, -0.05) is 30.9 Å². The normalized spacial score (nSPS) is 18.0. The number of carbonyl (C=O) groups is 1. The molecule has 1 aliphatic carbocycles. The van der Waals surface area contributed by atoms with E-state index in [1.807, 2.05) is 0 Å². The second kappa shape index (κ2) is 6.87. The van der Waals surface area contributed by atoms with Gasteiger partial charge in [0.2, 0.25) is 0 Å². The summed E-state index contributed by atoms with van der Waals surface area (Å²) in [6, 6.07) is 1.67. The zero-order valence-corrected chi connectivity index (χ0v) is 11.7. The van der Waals surface area contributed by atoms with Crippen LogP contribution in [0.5, 0.6) is 0 Å². The van der Waals surface area contributed by atoms with Crippen LogP contribution in [0.2, 0.25) is 5.02 Å². The zero-order chi connectivity index (χ0) is 13.7. The van der Waals surface area contributed by atoms with Crippen molar-refractivity contribution in [2.45, 2.75) is 38.1 Å². The molecule has 1 amide bonds. The van der Waals surface area contributed by atoms with Crippen LogP contribution < -0.4 is 11.1 Å². The summed E-state index contributed by atoms with van der Waals surface area (Å²) in [4.78, 5) is 16.1. The van der Waals surface area contributed by atoms with E-state index in [-0.39, 0.29) is 11.9 Å². The smallest absolute Gasteiger partial charge is 0.253 e. The first-order valence-electron chi connectivity index (χ1n) is 6.83. The largest absolute Gasteiger partial charge is 0.348 e. The molecule has 0 radical (unpaired) electrons. The third-order valence-corrected chi connectivity index (χ3v) is 4.11. The second-order valence-corrected chi connectivity index (χ2v) is 5.48. The molecule has 104 valence electrons. The van der Waals surface area contributed by atoms with Crippen molar-refractivity contribution in [2.75, 3.05) is 6.54 Å². The highest BCUT2D eigenvalue weighted by atomic mass is 35.5. The molecule has 1 aliphatic rings. The van der Waals surface area contributed by atoms with Gasteiger partial charge in [-0.05, 0) is 24.8 Å². The minimum Gasteiger partial charge on any atom is -0.348 e. The molecule has 1 aromatic heterocycles. The van der Waals surface area contributed by atoms with Crippen LogP contribution in [-0.4, -0.2) is 23.5 Å². The highest BCUT2D eigenvalue weighted by Crippen LogP contribution is 2.26. The van der Waals surface area contributed by atoms with Crippen molar-refractivity contribution in [2.24, 2.45) is 11.7 Å². The van der Waals surface area contributed by atoms with Crippen molar-refractivity contribution in [1.29, 1.82) is 0 Å². The molecule has 0 aromatic carbocycles. The Morgan fingerprint density at radius 3 is 2.84 bits per heavy atom. The van der Waals surface area contributed by atoms with Crippen molar-refractivity contribution >= 4 is 17.5 Å². The van der Waals surface area contributed by atoms with Gasteiger partial charge in [-0.2, -0.15) is 0 Å². The summed E-state index contributed by atoms with van der Waals surface area (Å²) in [6.45, 7) is 0.471. The van der Waals surface area contributed by atoms with Crippen molar-refractivity contribution in [1.82, 2.24) is 10.3 Å². The van der Waals surface area contributed by atoms with E-state index in [0.29, 0.717) is 23.0 Å². The summed E-state index contributed by atoms with van der Waals surface area (Å²) in [5.41, 5.74) is 6.27. The van der Waals surface area contributed by atoms with Crippen LogP contribution in [0.25, 0.3) is 0 Å². The Kier molecular flexibility index (Phi) is 5.16. The Labute approximate surface area is 118 Å². The topological polar surface area (TPSA) is 68.0 Å². The summed E-state index contributed by atoms with van der Waals surface area (Å²) in [7, 11) is 0. The van der Waals surface area contributed by atoms with Gasteiger partial charge in [-0.25, -0.2) is 0 Å². The second-order valence-electron chi connectivity index (χ2n) is 5.07. The number of aromatic nitrogens is 1. The first kappa shape index (κ1) is 14.3. The van der Waals surface area contributed by atoms with E-state index in [0.717, 1.165) is 12.8 Å². The van der Waals surface area contributed by atoms with Crippen LogP contribution in [0.3, 0.4) is 0 Å². The number of nitrogens with two attached hydrogens (primary N) is 1. The Balaban J connectivity index is 2.01. The van der Waals surface area contributed by atoms with E-state index in [4.69, 9.17) is 17.3 Å². The first-order valence-corrected chi connectivity index (χ1v) is 7.20. The number of nitrogens with one attached hydrogen (secondary N) is 1. The number of nitrogens with zero attached hydrogens (tertiary/aromatic N) is 1. The van der Waals surface area contributed by atoms with Crippen LogP contribution in [0, 0.1) is 5.92 Å². The molecular weight excluding hydrogens is 262 g/mol. The molecule has 0 spiro atoms. The van der Waals surface area contributed by atoms with Gasteiger partial charge in [0.1, 0.15) is 0 Å². The summed E-state index contributed by atoms with van der Waals surface area (Å²) in [5.74, 6) is 0.330. The monoisotopic (exact) mass is 281 g/mol. The van der Waals surface area contributed by atoms with Gasteiger partial charge in [-0.3, -0.25) is 9.78 Å². The highest BCUT2D eigenvalue weighted by molar-refractivity contribution is 6.33. The summed E-state index contributed by atoms with van der Waals surface area (Å²) < 4.78 is 0. The average Bonchev–Trinajstić information content (AvgIpc) is 2.46. The first-order chi connectivity index (χ1) is 9.22. The SMILES string of the molecule is NCC(NC(=O)c1ccncc1Cl)C1CCCCC1. The number of rotatable bonds is 4. The van der Waals surface area contributed by atoms with Crippen molar-refractivity contribution < 1.29 is 4.79 Å². The maximum absolute atomic E-state index is 12.2. The van der Waals surface area contributed by atoms with Crippen molar-refractivity contribution in [3.63, 3.8) is 0 Å². The molecule has 1 saturated carbocycles. The molecule has 4 nitrogen and oxygen atoms in total. The van der Waals surface area contributed by atoms with E-state index in [9.17, 15) is 4.79 Å². The fourth-order valence-electron chi connectivity index (χ4n) is 2.71. The van der Waals surface area contributed by atoms with Gasteiger partial charge in [0.05, 0.1) is 10.6 Å². The summed E-state index contributed by atoms with van der Waals surface area (Å²) in [6.07, 6.45) is 9.09. The van der Waals surface area contributed by atoms with E-state index < -0.39 is 0 Å². The van der Waals surface area contributed by atoms with Gasteiger partial charge in [0.15, 0.2) is 0 Å². The third kappa shape index (κ3) is 3.67. The summed E-state index contributed by atoms with van der Waals surface area (Å²) in [5, 5.41) is 3.39. The molecule has 19 heavy (non-hydrogen) atoms. The molecule has 1 heterocycles. The van der Waals surface area contributed by atoms with Gasteiger partial charge in [0, 0.05) is 25.0 Å². The quantitative estimate of drug-likeness (QED) is 0.890. The predicted octanol–water partition coefficient (Wildman–Crippen LogP) is 2.37. The number of hydrogen-bond acceptors (Lipinski definition) is 3. The lowest BCUT2D eigenvalue weighted by molar-refractivity contribution is 0.0915. The molecule has 1 unspecified atom stereocenters. The molecule has 0 bridgehead atoms. The zero-order valence-electron chi connectivity index (χ0n) is 10.9. The molecular formula is C14H20ClN3O. The number of pyridine rings is 1. The van der Waals surface area contributed by atoms with E-state index in [2.05, 4.69) is 10.3 Å². The van der Waals surface area contributed by atoms with Gasteiger partial charge in [-0.15, -0.1) is 0 Å². The maximum atomic E-state index is 12.2.